The highest BCUT2D eigenvalue weighted by molar-refractivity contribution is 6.11. The highest BCUT2D eigenvalue weighted by Gasteiger charge is 2.56. The molecule has 4 unspecified atom stereocenters. The van der Waals surface area contributed by atoms with Crippen LogP contribution in [0.3, 0.4) is 0 Å². The summed E-state index contributed by atoms with van der Waals surface area (Å²) in [5.74, 6) is 0.115. The standard InChI is InChI=1S/C9H15BO4/c1-11-4-9-5-13-3-6(7(9)12-2)8(10)14-9/h6-8H,3-5H2,1-2H3. The number of ether oxygens (including phenoxy) is 4. The zero-order valence-corrected chi connectivity index (χ0v) is 8.56. The van der Waals surface area contributed by atoms with Crippen molar-refractivity contribution in [3.63, 3.8) is 0 Å². The van der Waals surface area contributed by atoms with Crippen LogP contribution >= 0.6 is 0 Å². The molecule has 4 atom stereocenters. The molecule has 4 nitrogen and oxygen atoms in total. The lowest BCUT2D eigenvalue weighted by Crippen LogP contribution is -2.54. The molecule has 2 rings (SSSR count). The number of fused-ring (bicyclic) bond motifs is 2. The van der Waals surface area contributed by atoms with E-state index in [0.717, 1.165) is 0 Å². The lowest BCUT2D eigenvalue weighted by molar-refractivity contribution is -0.168. The third-order valence-corrected chi connectivity index (χ3v) is 3.00. The molecule has 2 aliphatic rings. The summed E-state index contributed by atoms with van der Waals surface area (Å²) >= 11 is 0. The van der Waals surface area contributed by atoms with E-state index in [9.17, 15) is 0 Å². The maximum Gasteiger partial charge on any atom is 0.140 e. The van der Waals surface area contributed by atoms with Crippen molar-refractivity contribution in [2.24, 2.45) is 5.92 Å². The summed E-state index contributed by atoms with van der Waals surface area (Å²) in [6, 6.07) is -0.308. The molecule has 0 aromatic rings. The quantitative estimate of drug-likeness (QED) is 0.576. The predicted molar refractivity (Wildman–Crippen MR) is 50.3 cm³/mol. The van der Waals surface area contributed by atoms with Crippen molar-refractivity contribution in [2.45, 2.75) is 17.7 Å². The van der Waals surface area contributed by atoms with E-state index < -0.39 is 5.60 Å². The van der Waals surface area contributed by atoms with Crippen LogP contribution in [0.25, 0.3) is 0 Å². The Labute approximate surface area is 85.3 Å². The van der Waals surface area contributed by atoms with Gasteiger partial charge in [0.15, 0.2) is 0 Å². The predicted octanol–water partition coefficient (Wildman–Crippen LogP) is -0.442. The van der Waals surface area contributed by atoms with Gasteiger partial charge in [0.1, 0.15) is 13.4 Å². The fraction of sp³-hybridized carbons (Fsp3) is 1.00. The molecule has 2 radical (unpaired) electrons. The van der Waals surface area contributed by atoms with Crippen LogP contribution in [-0.2, 0) is 18.9 Å². The number of methoxy groups -OCH3 is 2. The molecule has 0 N–H and O–H groups in total. The molecule has 0 aliphatic carbocycles. The topological polar surface area (TPSA) is 36.9 Å². The molecule has 78 valence electrons. The van der Waals surface area contributed by atoms with Crippen molar-refractivity contribution in [3.8, 4) is 0 Å². The number of hydrogen-bond acceptors (Lipinski definition) is 4. The Kier molecular flexibility index (Phi) is 2.84. The zero-order chi connectivity index (χ0) is 10.2. The first-order valence-corrected chi connectivity index (χ1v) is 4.76. The van der Waals surface area contributed by atoms with E-state index in [-0.39, 0.29) is 18.0 Å². The summed E-state index contributed by atoms with van der Waals surface area (Å²) in [6.07, 6.45) is -0.0220. The van der Waals surface area contributed by atoms with Gasteiger partial charge in [-0.2, -0.15) is 0 Å². The summed E-state index contributed by atoms with van der Waals surface area (Å²) in [7, 11) is 9.18. The van der Waals surface area contributed by atoms with Crippen LogP contribution in [0, 0.1) is 5.92 Å². The highest BCUT2D eigenvalue weighted by atomic mass is 16.6. The lowest BCUT2D eigenvalue weighted by Gasteiger charge is -2.37. The van der Waals surface area contributed by atoms with Crippen molar-refractivity contribution in [3.05, 3.63) is 0 Å². The molecular weight excluding hydrogens is 183 g/mol. The van der Waals surface area contributed by atoms with Crippen molar-refractivity contribution in [1.29, 1.82) is 0 Å². The highest BCUT2D eigenvalue weighted by Crippen LogP contribution is 2.40. The van der Waals surface area contributed by atoms with Crippen LogP contribution in [0.4, 0.5) is 0 Å². The Bertz CT molecular complexity index is 209. The molecule has 0 aromatic heterocycles. The van der Waals surface area contributed by atoms with Crippen molar-refractivity contribution in [2.75, 3.05) is 34.0 Å². The van der Waals surface area contributed by atoms with Gasteiger partial charge in [-0.1, -0.05) is 0 Å². The van der Waals surface area contributed by atoms with Gasteiger partial charge in [0.2, 0.25) is 0 Å². The third-order valence-electron chi connectivity index (χ3n) is 3.00. The van der Waals surface area contributed by atoms with E-state index in [1.807, 2.05) is 0 Å². The molecule has 0 amide bonds. The second-order valence-corrected chi connectivity index (χ2v) is 3.92. The molecule has 2 fully saturated rings. The summed E-state index contributed by atoms with van der Waals surface area (Å²) in [5, 5.41) is 0. The van der Waals surface area contributed by atoms with Gasteiger partial charge in [0, 0.05) is 26.1 Å². The van der Waals surface area contributed by atoms with Gasteiger partial charge in [-0.25, -0.2) is 0 Å². The van der Waals surface area contributed by atoms with Crippen LogP contribution in [0.2, 0.25) is 0 Å². The second-order valence-electron chi connectivity index (χ2n) is 3.92. The maximum atomic E-state index is 5.86. The van der Waals surface area contributed by atoms with Gasteiger partial charge in [-0.15, -0.1) is 0 Å². The molecule has 5 heteroatoms. The maximum absolute atomic E-state index is 5.86. The Morgan fingerprint density at radius 1 is 1.50 bits per heavy atom. The fourth-order valence-corrected chi connectivity index (χ4v) is 2.45. The van der Waals surface area contributed by atoms with Crippen molar-refractivity contribution in [1.82, 2.24) is 0 Å². The average Bonchev–Trinajstić information content (AvgIpc) is 2.30. The monoisotopic (exact) mass is 198 g/mol. The van der Waals surface area contributed by atoms with Crippen molar-refractivity contribution < 1.29 is 18.9 Å². The van der Waals surface area contributed by atoms with Crippen LogP contribution in [0.15, 0.2) is 0 Å². The third kappa shape index (κ3) is 1.39. The smallest absolute Gasteiger partial charge is 0.140 e. The minimum Gasteiger partial charge on any atom is -0.381 e. The minimum absolute atomic E-state index is 0.0220. The Morgan fingerprint density at radius 3 is 2.93 bits per heavy atom. The van der Waals surface area contributed by atoms with Crippen LogP contribution < -0.4 is 0 Å². The van der Waals surface area contributed by atoms with Crippen molar-refractivity contribution >= 4 is 7.85 Å². The van der Waals surface area contributed by atoms with E-state index in [0.29, 0.717) is 19.8 Å². The molecule has 0 saturated carbocycles. The molecule has 2 heterocycles. The van der Waals surface area contributed by atoms with Gasteiger partial charge >= 0.3 is 0 Å². The van der Waals surface area contributed by atoms with E-state index >= 15 is 0 Å². The minimum atomic E-state index is -0.508. The first-order chi connectivity index (χ1) is 6.73. The SMILES string of the molecule is [B]C1OC2(COC)COCC1C2OC. The fourth-order valence-electron chi connectivity index (χ4n) is 2.45. The van der Waals surface area contributed by atoms with Gasteiger partial charge in [-0.3, -0.25) is 0 Å². The van der Waals surface area contributed by atoms with Gasteiger partial charge in [-0.05, 0) is 0 Å². The molecule has 0 aromatic carbocycles. The Morgan fingerprint density at radius 2 is 2.29 bits per heavy atom. The summed E-state index contributed by atoms with van der Waals surface area (Å²) in [6.45, 7) is 1.55. The van der Waals surface area contributed by atoms with E-state index in [4.69, 9.17) is 26.8 Å². The second kappa shape index (κ2) is 3.81. The summed E-state index contributed by atoms with van der Waals surface area (Å²) in [5.41, 5.74) is -0.508. The van der Waals surface area contributed by atoms with Gasteiger partial charge in [0.25, 0.3) is 0 Å². The summed E-state index contributed by atoms with van der Waals surface area (Å²) < 4.78 is 21.8. The van der Waals surface area contributed by atoms with Crippen LogP contribution in [0.5, 0.6) is 0 Å². The first-order valence-electron chi connectivity index (χ1n) is 4.76. The number of hydrogen-bond donors (Lipinski definition) is 0. The van der Waals surface area contributed by atoms with E-state index in [2.05, 4.69) is 0 Å². The molecule has 2 aliphatic heterocycles. The Hall–Kier alpha value is -0.0951. The van der Waals surface area contributed by atoms with Crippen LogP contribution in [0.1, 0.15) is 0 Å². The van der Waals surface area contributed by atoms with Gasteiger partial charge < -0.3 is 18.9 Å². The molecule has 14 heavy (non-hydrogen) atoms. The van der Waals surface area contributed by atoms with Crippen LogP contribution in [-0.4, -0.2) is 59.6 Å². The number of rotatable bonds is 3. The molecule has 0 spiro atoms. The molecular formula is C9H15BO4. The normalized spacial score (nSPS) is 46.9. The first kappa shape index (κ1) is 10.4. The largest absolute Gasteiger partial charge is 0.381 e. The molecule has 2 saturated heterocycles. The van der Waals surface area contributed by atoms with E-state index in [1.54, 1.807) is 14.2 Å². The van der Waals surface area contributed by atoms with Gasteiger partial charge in [0.05, 0.1) is 25.9 Å². The van der Waals surface area contributed by atoms with E-state index in [1.165, 1.54) is 0 Å². The average molecular weight is 198 g/mol. The molecule has 2 bridgehead atoms. The lowest BCUT2D eigenvalue weighted by atomic mass is 9.81. The summed E-state index contributed by atoms with van der Waals surface area (Å²) in [4.78, 5) is 0. The Balaban J connectivity index is 2.20. The zero-order valence-electron chi connectivity index (χ0n) is 8.56.